The van der Waals surface area contributed by atoms with Crippen molar-refractivity contribution in [3.63, 3.8) is 0 Å². The minimum atomic E-state index is 0.196. The number of halogens is 2. The van der Waals surface area contributed by atoms with Crippen LogP contribution in [0, 0.1) is 0 Å². The number of hydrogen-bond acceptors (Lipinski definition) is 4. The number of phenols is 2. The Balaban J connectivity index is 1.96. The molecule has 128 valence electrons. The molecular weight excluding hydrogens is 448 g/mol. The van der Waals surface area contributed by atoms with Gasteiger partial charge in [-0.05, 0) is 46.3 Å². The van der Waals surface area contributed by atoms with E-state index in [9.17, 15) is 10.2 Å². The Morgan fingerprint density at radius 1 is 0.880 bits per heavy atom. The molecule has 0 aliphatic carbocycles. The van der Waals surface area contributed by atoms with Gasteiger partial charge in [0.05, 0.1) is 4.47 Å². The molecule has 0 saturated heterocycles. The summed E-state index contributed by atoms with van der Waals surface area (Å²) >= 11 is 6.82. The number of hydrogen-bond donors (Lipinski definition) is 2. The number of anilines is 1. The van der Waals surface area contributed by atoms with Crippen molar-refractivity contribution in [2.24, 2.45) is 0 Å². The molecule has 0 saturated carbocycles. The Morgan fingerprint density at radius 2 is 1.60 bits per heavy atom. The van der Waals surface area contributed by atoms with Crippen LogP contribution in [0.1, 0.15) is 11.1 Å². The first-order chi connectivity index (χ1) is 12.0. The van der Waals surface area contributed by atoms with Crippen LogP contribution in [0.25, 0.3) is 0 Å². The third kappa shape index (κ3) is 4.32. The minimum Gasteiger partial charge on any atom is -0.508 e. The average molecular weight is 464 g/mol. The van der Waals surface area contributed by atoms with Crippen LogP contribution in [0.5, 0.6) is 11.5 Å². The summed E-state index contributed by atoms with van der Waals surface area (Å²) in [7, 11) is 0. The Morgan fingerprint density at radius 3 is 2.32 bits per heavy atom. The number of aromatic hydroxyl groups is 2. The summed E-state index contributed by atoms with van der Waals surface area (Å²) in [6, 6.07) is 16.6. The van der Waals surface area contributed by atoms with Crippen molar-refractivity contribution in [3.8, 4) is 11.5 Å². The largest absolute Gasteiger partial charge is 0.508 e. The fourth-order valence-electron chi connectivity index (χ4n) is 2.55. The summed E-state index contributed by atoms with van der Waals surface area (Å²) in [4.78, 5) is 6.42. The number of rotatable bonds is 5. The maximum absolute atomic E-state index is 10.4. The van der Waals surface area contributed by atoms with E-state index in [4.69, 9.17) is 0 Å². The number of para-hydroxylation sites is 1. The lowest BCUT2D eigenvalue weighted by Gasteiger charge is -2.25. The van der Waals surface area contributed by atoms with Crippen molar-refractivity contribution < 1.29 is 10.2 Å². The van der Waals surface area contributed by atoms with Crippen molar-refractivity contribution in [2.75, 3.05) is 4.90 Å². The first-order valence-electron chi connectivity index (χ1n) is 7.64. The maximum atomic E-state index is 10.4. The molecular formula is C19H16Br2N2O2. The van der Waals surface area contributed by atoms with Crippen molar-refractivity contribution in [2.45, 2.75) is 13.1 Å². The summed E-state index contributed by atoms with van der Waals surface area (Å²) in [5.41, 5.74) is 1.55. The second kappa shape index (κ2) is 7.89. The van der Waals surface area contributed by atoms with Crippen LogP contribution in [-0.4, -0.2) is 15.2 Å². The zero-order chi connectivity index (χ0) is 17.8. The standard InChI is InChI=1S/C19H16Br2N2O2/c20-15-9-14(19(25)16(21)10-15)12-23(18-7-3-4-8-22-18)11-13-5-1-2-6-17(13)24/h1-10,24-25H,11-12H2. The van der Waals surface area contributed by atoms with E-state index < -0.39 is 0 Å². The van der Waals surface area contributed by atoms with Crippen molar-refractivity contribution in [1.82, 2.24) is 4.98 Å². The topological polar surface area (TPSA) is 56.6 Å². The third-order valence-corrected chi connectivity index (χ3v) is 4.86. The normalized spacial score (nSPS) is 10.6. The summed E-state index contributed by atoms with van der Waals surface area (Å²) in [5.74, 6) is 1.20. The Labute approximate surface area is 163 Å². The SMILES string of the molecule is Oc1ccccc1CN(Cc1cc(Br)cc(Br)c1O)c1ccccn1. The molecule has 0 unspecified atom stereocenters. The van der Waals surface area contributed by atoms with Gasteiger partial charge < -0.3 is 15.1 Å². The Hall–Kier alpha value is -2.05. The van der Waals surface area contributed by atoms with Crippen LogP contribution in [0.2, 0.25) is 0 Å². The number of aromatic nitrogens is 1. The van der Waals surface area contributed by atoms with Gasteiger partial charge in [-0.15, -0.1) is 0 Å². The van der Waals surface area contributed by atoms with Crippen LogP contribution in [0.3, 0.4) is 0 Å². The highest BCUT2D eigenvalue weighted by atomic mass is 79.9. The van der Waals surface area contributed by atoms with Crippen LogP contribution < -0.4 is 4.90 Å². The van der Waals surface area contributed by atoms with Crippen LogP contribution in [0.4, 0.5) is 5.82 Å². The van der Waals surface area contributed by atoms with E-state index in [0.717, 1.165) is 21.4 Å². The number of nitrogens with zero attached hydrogens (tertiary/aromatic N) is 2. The molecule has 2 N–H and O–H groups in total. The summed E-state index contributed by atoms with van der Waals surface area (Å²) in [6.45, 7) is 0.905. The lowest BCUT2D eigenvalue weighted by Crippen LogP contribution is -2.23. The molecule has 0 aliphatic rings. The third-order valence-electron chi connectivity index (χ3n) is 3.79. The van der Waals surface area contributed by atoms with Gasteiger partial charge in [-0.1, -0.05) is 40.2 Å². The Bertz CT molecular complexity index is 873. The lowest BCUT2D eigenvalue weighted by molar-refractivity contribution is 0.461. The molecule has 3 rings (SSSR count). The zero-order valence-corrected chi connectivity index (χ0v) is 16.4. The zero-order valence-electron chi connectivity index (χ0n) is 13.2. The number of phenolic OH excluding ortho intramolecular Hbond substituents is 2. The second-order valence-corrected chi connectivity index (χ2v) is 7.34. The fraction of sp³-hybridized carbons (Fsp3) is 0.105. The van der Waals surface area contributed by atoms with Crippen molar-refractivity contribution >= 4 is 37.7 Å². The fourth-order valence-corrected chi connectivity index (χ4v) is 3.87. The van der Waals surface area contributed by atoms with E-state index in [1.807, 2.05) is 41.3 Å². The molecule has 6 heteroatoms. The smallest absolute Gasteiger partial charge is 0.134 e. The molecule has 25 heavy (non-hydrogen) atoms. The van der Waals surface area contributed by atoms with E-state index in [1.165, 1.54) is 0 Å². The Kier molecular flexibility index (Phi) is 5.60. The van der Waals surface area contributed by atoms with E-state index in [2.05, 4.69) is 36.8 Å². The summed E-state index contributed by atoms with van der Waals surface area (Å²) in [6.07, 6.45) is 1.73. The molecule has 0 spiro atoms. The number of pyridine rings is 1. The highest BCUT2D eigenvalue weighted by Gasteiger charge is 2.15. The molecule has 0 bridgehead atoms. The first-order valence-corrected chi connectivity index (χ1v) is 9.23. The van der Waals surface area contributed by atoms with Gasteiger partial charge in [-0.2, -0.15) is 0 Å². The van der Waals surface area contributed by atoms with Gasteiger partial charge in [0.2, 0.25) is 0 Å². The summed E-state index contributed by atoms with van der Waals surface area (Å²) < 4.78 is 1.50. The quantitative estimate of drug-likeness (QED) is 0.544. The van der Waals surface area contributed by atoms with Gasteiger partial charge in [-0.3, -0.25) is 0 Å². The summed E-state index contributed by atoms with van der Waals surface area (Å²) in [5, 5.41) is 20.5. The molecule has 0 aliphatic heterocycles. The molecule has 1 aromatic heterocycles. The highest BCUT2D eigenvalue weighted by molar-refractivity contribution is 9.11. The second-order valence-electron chi connectivity index (χ2n) is 5.57. The van der Waals surface area contributed by atoms with E-state index >= 15 is 0 Å². The minimum absolute atomic E-state index is 0.196. The molecule has 4 nitrogen and oxygen atoms in total. The van der Waals surface area contributed by atoms with Gasteiger partial charge in [0.15, 0.2) is 0 Å². The van der Waals surface area contributed by atoms with E-state index in [1.54, 1.807) is 24.4 Å². The van der Waals surface area contributed by atoms with Gasteiger partial charge >= 0.3 is 0 Å². The molecule has 0 amide bonds. The van der Waals surface area contributed by atoms with Crippen LogP contribution in [0.15, 0.2) is 69.7 Å². The van der Waals surface area contributed by atoms with Crippen LogP contribution in [-0.2, 0) is 13.1 Å². The van der Waals surface area contributed by atoms with Gasteiger partial charge in [0.1, 0.15) is 17.3 Å². The molecule has 0 radical (unpaired) electrons. The van der Waals surface area contributed by atoms with Gasteiger partial charge in [0, 0.05) is 34.9 Å². The van der Waals surface area contributed by atoms with E-state index in [-0.39, 0.29) is 11.5 Å². The van der Waals surface area contributed by atoms with E-state index in [0.29, 0.717) is 17.6 Å². The molecule has 3 aromatic rings. The van der Waals surface area contributed by atoms with Crippen molar-refractivity contribution in [3.05, 3.63) is 80.9 Å². The predicted octanol–water partition coefficient (Wildman–Crippen LogP) is 5.22. The highest BCUT2D eigenvalue weighted by Crippen LogP contribution is 2.33. The average Bonchev–Trinajstić information content (AvgIpc) is 2.61. The van der Waals surface area contributed by atoms with Gasteiger partial charge in [0.25, 0.3) is 0 Å². The van der Waals surface area contributed by atoms with Gasteiger partial charge in [-0.25, -0.2) is 4.98 Å². The monoisotopic (exact) mass is 462 g/mol. The first kappa shape index (κ1) is 17.8. The lowest BCUT2D eigenvalue weighted by atomic mass is 10.1. The van der Waals surface area contributed by atoms with Crippen molar-refractivity contribution in [1.29, 1.82) is 0 Å². The number of benzene rings is 2. The molecule has 0 fully saturated rings. The molecule has 2 aromatic carbocycles. The molecule has 1 heterocycles. The maximum Gasteiger partial charge on any atom is 0.134 e. The van der Waals surface area contributed by atoms with Crippen LogP contribution >= 0.6 is 31.9 Å². The predicted molar refractivity (Wildman–Crippen MR) is 106 cm³/mol. The molecule has 0 atom stereocenters.